The monoisotopic (exact) mass is 411 g/mol. The summed E-state index contributed by atoms with van der Waals surface area (Å²) >= 11 is 0. The van der Waals surface area contributed by atoms with Crippen LogP contribution in [0.2, 0.25) is 0 Å². The molecule has 3 heterocycles. The predicted molar refractivity (Wildman–Crippen MR) is 112 cm³/mol. The van der Waals surface area contributed by atoms with Gasteiger partial charge in [-0.15, -0.1) is 0 Å². The first-order chi connectivity index (χ1) is 14.7. The van der Waals surface area contributed by atoms with Crippen LogP contribution >= 0.6 is 0 Å². The molecule has 0 saturated carbocycles. The Labute approximate surface area is 173 Å². The number of hydrogen-bond donors (Lipinski definition) is 2. The second kappa shape index (κ2) is 9.60. The number of fused-ring (bicyclic) bond motifs is 1. The summed E-state index contributed by atoms with van der Waals surface area (Å²) in [6.45, 7) is 3.77. The summed E-state index contributed by atoms with van der Waals surface area (Å²) in [5.74, 6) is 0.316. The summed E-state index contributed by atoms with van der Waals surface area (Å²) in [5, 5.41) is 3.96. The molecular formula is C22H25N3O5. The number of ether oxygens (including phenoxy) is 2. The Morgan fingerprint density at radius 3 is 2.90 bits per heavy atom. The van der Waals surface area contributed by atoms with Crippen LogP contribution in [0.1, 0.15) is 11.3 Å². The highest BCUT2D eigenvalue weighted by molar-refractivity contribution is 5.83. The van der Waals surface area contributed by atoms with Gasteiger partial charge in [0.15, 0.2) is 6.61 Å². The largest absolute Gasteiger partial charge is 0.477 e. The maximum atomic E-state index is 12.2. The molecule has 0 aliphatic carbocycles. The molecule has 0 bridgehead atoms. The first-order valence-electron chi connectivity index (χ1n) is 10.1. The molecule has 0 radical (unpaired) electrons. The molecule has 0 unspecified atom stereocenters. The molecule has 3 aromatic rings. The van der Waals surface area contributed by atoms with E-state index in [0.29, 0.717) is 38.5 Å². The van der Waals surface area contributed by atoms with Gasteiger partial charge in [-0.1, -0.05) is 18.2 Å². The summed E-state index contributed by atoms with van der Waals surface area (Å²) in [7, 11) is 0. The molecule has 1 amide bonds. The number of aromatic nitrogens is 1. The number of morpholine rings is 1. The Morgan fingerprint density at radius 2 is 2.07 bits per heavy atom. The smallest absolute Gasteiger partial charge is 0.257 e. The molecule has 1 aliphatic rings. The summed E-state index contributed by atoms with van der Waals surface area (Å²) < 4.78 is 16.2. The number of para-hydroxylation sites is 1. The van der Waals surface area contributed by atoms with Crippen molar-refractivity contribution in [2.75, 3.05) is 39.5 Å². The van der Waals surface area contributed by atoms with Crippen LogP contribution in [0.5, 0.6) is 5.75 Å². The van der Waals surface area contributed by atoms with Crippen molar-refractivity contribution in [3.63, 3.8) is 0 Å². The number of nitrogens with zero attached hydrogens (tertiary/aromatic N) is 1. The molecule has 1 aliphatic heterocycles. The lowest BCUT2D eigenvalue weighted by Crippen LogP contribution is -2.35. The highest BCUT2D eigenvalue weighted by atomic mass is 16.5. The SMILES string of the molecule is O=C(COc1coc(CN2CCOCC2)cc1=O)NCCc1c[nH]c2ccccc12. The Morgan fingerprint density at radius 1 is 1.23 bits per heavy atom. The topological polar surface area (TPSA) is 96.8 Å². The average molecular weight is 411 g/mol. The summed E-state index contributed by atoms with van der Waals surface area (Å²) in [6.07, 6.45) is 3.93. The van der Waals surface area contributed by atoms with Gasteiger partial charge in [0.1, 0.15) is 12.0 Å². The Bertz CT molecular complexity index is 1050. The molecule has 158 valence electrons. The van der Waals surface area contributed by atoms with Crippen molar-refractivity contribution in [3.8, 4) is 5.75 Å². The highest BCUT2D eigenvalue weighted by Gasteiger charge is 2.14. The molecular weight excluding hydrogens is 386 g/mol. The first-order valence-corrected chi connectivity index (χ1v) is 10.1. The van der Waals surface area contributed by atoms with Gasteiger partial charge in [0.25, 0.3) is 5.91 Å². The van der Waals surface area contributed by atoms with Crippen molar-refractivity contribution in [3.05, 3.63) is 64.3 Å². The number of hydrogen-bond acceptors (Lipinski definition) is 6. The molecule has 0 atom stereocenters. The molecule has 2 aromatic heterocycles. The van der Waals surface area contributed by atoms with Crippen LogP contribution in [-0.2, 0) is 22.5 Å². The number of nitrogens with one attached hydrogen (secondary N) is 2. The van der Waals surface area contributed by atoms with Crippen LogP contribution < -0.4 is 15.5 Å². The number of benzene rings is 1. The number of H-pyrrole nitrogens is 1. The van der Waals surface area contributed by atoms with E-state index in [0.717, 1.165) is 29.6 Å². The molecule has 8 heteroatoms. The van der Waals surface area contributed by atoms with Crippen LogP contribution in [0, 0.1) is 0 Å². The standard InChI is InChI=1S/C22H25N3O5/c26-20-11-17(13-25-7-9-28-10-8-25)29-14-21(20)30-15-22(27)23-6-5-16-12-24-19-4-2-1-3-18(16)19/h1-4,11-12,14,24H,5-10,13,15H2,(H,23,27). The minimum atomic E-state index is -0.295. The number of amides is 1. The van der Waals surface area contributed by atoms with Gasteiger partial charge in [-0.2, -0.15) is 0 Å². The second-order valence-electron chi connectivity index (χ2n) is 7.21. The third kappa shape index (κ3) is 5.08. The van der Waals surface area contributed by atoms with Gasteiger partial charge < -0.3 is 24.2 Å². The zero-order valence-corrected chi connectivity index (χ0v) is 16.7. The van der Waals surface area contributed by atoms with Gasteiger partial charge >= 0.3 is 0 Å². The van der Waals surface area contributed by atoms with E-state index in [1.54, 1.807) is 0 Å². The Kier molecular flexibility index (Phi) is 6.46. The molecule has 1 saturated heterocycles. The summed E-state index contributed by atoms with van der Waals surface area (Å²) in [5.41, 5.74) is 1.92. The van der Waals surface area contributed by atoms with Crippen molar-refractivity contribution >= 4 is 16.8 Å². The second-order valence-corrected chi connectivity index (χ2v) is 7.21. The van der Waals surface area contributed by atoms with Crippen LogP contribution in [0.15, 0.2) is 52.0 Å². The third-order valence-electron chi connectivity index (χ3n) is 5.09. The molecule has 0 spiro atoms. The molecule has 30 heavy (non-hydrogen) atoms. The maximum absolute atomic E-state index is 12.2. The van der Waals surface area contributed by atoms with E-state index in [9.17, 15) is 9.59 Å². The van der Waals surface area contributed by atoms with Crippen LogP contribution in [0.3, 0.4) is 0 Å². The number of rotatable bonds is 8. The zero-order valence-electron chi connectivity index (χ0n) is 16.7. The fraction of sp³-hybridized carbons (Fsp3) is 0.364. The number of carbonyl (C=O) groups is 1. The van der Waals surface area contributed by atoms with Gasteiger partial charge in [-0.05, 0) is 18.1 Å². The van der Waals surface area contributed by atoms with E-state index in [4.69, 9.17) is 13.9 Å². The van der Waals surface area contributed by atoms with Crippen LogP contribution in [0.25, 0.3) is 10.9 Å². The van der Waals surface area contributed by atoms with E-state index in [1.165, 1.54) is 12.3 Å². The quantitative estimate of drug-likeness (QED) is 0.586. The van der Waals surface area contributed by atoms with Crippen molar-refractivity contribution in [2.24, 2.45) is 0 Å². The van der Waals surface area contributed by atoms with Crippen LogP contribution in [-0.4, -0.2) is 55.2 Å². The first kappa shape index (κ1) is 20.2. The number of aromatic amines is 1. The van der Waals surface area contributed by atoms with E-state index in [1.807, 2.05) is 30.5 Å². The minimum absolute atomic E-state index is 0.0347. The fourth-order valence-corrected chi connectivity index (χ4v) is 3.48. The van der Waals surface area contributed by atoms with Crippen molar-refractivity contribution in [1.29, 1.82) is 0 Å². The third-order valence-corrected chi connectivity index (χ3v) is 5.09. The lowest BCUT2D eigenvalue weighted by Gasteiger charge is -2.25. The van der Waals surface area contributed by atoms with E-state index < -0.39 is 0 Å². The Hall–Kier alpha value is -3.10. The van der Waals surface area contributed by atoms with Crippen molar-refractivity contribution in [2.45, 2.75) is 13.0 Å². The van der Waals surface area contributed by atoms with E-state index >= 15 is 0 Å². The van der Waals surface area contributed by atoms with Gasteiger partial charge in [0, 0.05) is 42.8 Å². The maximum Gasteiger partial charge on any atom is 0.257 e. The summed E-state index contributed by atoms with van der Waals surface area (Å²) in [4.78, 5) is 29.7. The number of carbonyl (C=O) groups excluding carboxylic acids is 1. The fourth-order valence-electron chi connectivity index (χ4n) is 3.48. The highest BCUT2D eigenvalue weighted by Crippen LogP contribution is 2.17. The van der Waals surface area contributed by atoms with E-state index in [2.05, 4.69) is 15.2 Å². The van der Waals surface area contributed by atoms with Gasteiger partial charge in [-0.3, -0.25) is 14.5 Å². The molecule has 1 aromatic carbocycles. The average Bonchev–Trinajstić information content (AvgIpc) is 3.17. The normalized spacial score (nSPS) is 14.7. The van der Waals surface area contributed by atoms with Gasteiger partial charge in [-0.25, -0.2) is 0 Å². The molecule has 4 rings (SSSR count). The van der Waals surface area contributed by atoms with Crippen molar-refractivity contribution < 1.29 is 18.7 Å². The van der Waals surface area contributed by atoms with Crippen LogP contribution in [0.4, 0.5) is 0 Å². The van der Waals surface area contributed by atoms with Gasteiger partial charge in [0.05, 0.1) is 19.8 Å². The summed E-state index contributed by atoms with van der Waals surface area (Å²) in [6, 6.07) is 9.45. The molecule has 8 nitrogen and oxygen atoms in total. The predicted octanol–water partition coefficient (Wildman–Crippen LogP) is 1.69. The lowest BCUT2D eigenvalue weighted by molar-refractivity contribution is -0.123. The lowest BCUT2D eigenvalue weighted by atomic mass is 10.1. The van der Waals surface area contributed by atoms with Crippen molar-refractivity contribution in [1.82, 2.24) is 15.2 Å². The molecule has 2 N–H and O–H groups in total. The minimum Gasteiger partial charge on any atom is -0.477 e. The van der Waals surface area contributed by atoms with Gasteiger partial charge in [0.2, 0.25) is 11.2 Å². The van der Waals surface area contributed by atoms with E-state index in [-0.39, 0.29) is 23.7 Å². The Balaban J connectivity index is 1.23. The zero-order chi connectivity index (χ0) is 20.8. The molecule has 1 fully saturated rings.